The molecule has 0 aliphatic carbocycles. The molecule has 0 unspecified atom stereocenters. The van der Waals surface area contributed by atoms with Crippen LogP contribution < -0.4 is 4.72 Å². The normalized spacial score (nSPS) is 11.5. The highest BCUT2D eigenvalue weighted by molar-refractivity contribution is 7.92. The summed E-state index contributed by atoms with van der Waals surface area (Å²) < 4.78 is 54.2. The average molecular weight is 366 g/mol. The lowest BCUT2D eigenvalue weighted by molar-refractivity contribution is 0.521. The van der Waals surface area contributed by atoms with Crippen LogP contribution in [0.2, 0.25) is 0 Å². The molecular weight excluding hydrogens is 354 g/mol. The summed E-state index contributed by atoms with van der Waals surface area (Å²) in [6.45, 7) is 1.86. The Kier molecular flexibility index (Phi) is 4.33. The molecule has 0 aliphatic rings. The number of halogens is 2. The molecule has 4 nitrogen and oxygen atoms in total. The number of benzene rings is 2. The molecule has 0 amide bonds. The molecule has 0 atom stereocenters. The van der Waals surface area contributed by atoms with Crippen molar-refractivity contribution in [3.05, 3.63) is 64.5 Å². The third kappa shape index (κ3) is 3.29. The third-order valence-electron chi connectivity index (χ3n) is 3.22. The van der Waals surface area contributed by atoms with Gasteiger partial charge in [0.1, 0.15) is 11.6 Å². The van der Waals surface area contributed by atoms with Crippen LogP contribution in [-0.2, 0) is 10.0 Å². The predicted molar refractivity (Wildman–Crippen MR) is 89.5 cm³/mol. The van der Waals surface area contributed by atoms with Gasteiger partial charge in [-0.1, -0.05) is 18.2 Å². The fraction of sp³-hybridized carbons (Fsp3) is 0.0625. The molecule has 3 aromatic rings. The van der Waals surface area contributed by atoms with Crippen molar-refractivity contribution in [3.8, 4) is 11.3 Å². The zero-order chi connectivity index (χ0) is 17.3. The van der Waals surface area contributed by atoms with Gasteiger partial charge in [0, 0.05) is 16.6 Å². The molecule has 24 heavy (non-hydrogen) atoms. The Morgan fingerprint density at radius 1 is 1.08 bits per heavy atom. The molecule has 0 radical (unpaired) electrons. The molecule has 3 rings (SSSR count). The Labute approximate surface area is 141 Å². The van der Waals surface area contributed by atoms with E-state index in [1.807, 2.05) is 12.3 Å². The molecule has 0 saturated heterocycles. The van der Waals surface area contributed by atoms with Crippen LogP contribution >= 0.6 is 11.3 Å². The quantitative estimate of drug-likeness (QED) is 0.753. The second-order valence-electron chi connectivity index (χ2n) is 4.99. The summed E-state index contributed by atoms with van der Waals surface area (Å²) in [5.41, 5.74) is 1.60. The molecule has 124 valence electrons. The molecule has 0 spiro atoms. The SMILES string of the molecule is Cc1nc(-c2cccc(NS(=O)(=O)c3c(F)cccc3F)c2)cs1. The maximum atomic E-state index is 13.7. The van der Waals surface area contributed by atoms with Gasteiger partial charge in [-0.3, -0.25) is 4.72 Å². The van der Waals surface area contributed by atoms with Crippen molar-refractivity contribution in [2.75, 3.05) is 4.72 Å². The number of hydrogen-bond donors (Lipinski definition) is 1. The lowest BCUT2D eigenvalue weighted by Gasteiger charge is -2.10. The number of anilines is 1. The number of nitrogens with one attached hydrogen (secondary N) is 1. The standard InChI is InChI=1S/C16H12F2N2O2S2/c1-10-19-15(9-23-10)11-4-2-5-12(8-11)20-24(21,22)16-13(17)6-3-7-14(16)18/h2-9,20H,1H3. The number of hydrogen-bond acceptors (Lipinski definition) is 4. The molecule has 2 aromatic carbocycles. The highest BCUT2D eigenvalue weighted by Gasteiger charge is 2.24. The van der Waals surface area contributed by atoms with Crippen molar-refractivity contribution in [2.45, 2.75) is 11.8 Å². The van der Waals surface area contributed by atoms with E-state index in [9.17, 15) is 17.2 Å². The van der Waals surface area contributed by atoms with Crippen LogP contribution in [0.1, 0.15) is 5.01 Å². The molecule has 0 fully saturated rings. The van der Waals surface area contributed by atoms with Crippen LogP contribution in [0.3, 0.4) is 0 Å². The van der Waals surface area contributed by atoms with Crippen LogP contribution in [-0.4, -0.2) is 13.4 Å². The van der Waals surface area contributed by atoms with Crippen LogP contribution in [0.15, 0.2) is 52.7 Å². The summed E-state index contributed by atoms with van der Waals surface area (Å²) in [5.74, 6) is -2.29. The third-order valence-corrected chi connectivity index (χ3v) is 5.42. The van der Waals surface area contributed by atoms with Crippen molar-refractivity contribution >= 4 is 27.0 Å². The first kappa shape index (κ1) is 16.5. The molecule has 1 heterocycles. The number of thiazole rings is 1. The minimum atomic E-state index is -4.39. The van der Waals surface area contributed by atoms with Crippen LogP contribution in [0.25, 0.3) is 11.3 Å². The summed E-state index contributed by atoms with van der Waals surface area (Å²) in [7, 11) is -4.39. The van der Waals surface area contributed by atoms with E-state index in [0.717, 1.165) is 23.2 Å². The Balaban J connectivity index is 1.96. The van der Waals surface area contributed by atoms with Gasteiger partial charge in [0.2, 0.25) is 0 Å². The summed E-state index contributed by atoms with van der Waals surface area (Å²) in [4.78, 5) is 3.33. The smallest absolute Gasteiger partial charge is 0.267 e. The van der Waals surface area contributed by atoms with Crippen LogP contribution in [0.5, 0.6) is 0 Å². The predicted octanol–water partition coefficient (Wildman–Crippen LogP) is 4.20. The van der Waals surface area contributed by atoms with Gasteiger partial charge in [0.05, 0.1) is 10.7 Å². The zero-order valence-corrected chi connectivity index (χ0v) is 14.1. The Morgan fingerprint density at radius 2 is 1.75 bits per heavy atom. The fourth-order valence-electron chi connectivity index (χ4n) is 2.18. The number of rotatable bonds is 4. The van der Waals surface area contributed by atoms with Gasteiger partial charge in [0.25, 0.3) is 10.0 Å². The number of sulfonamides is 1. The lowest BCUT2D eigenvalue weighted by atomic mass is 10.1. The van der Waals surface area contributed by atoms with Crippen molar-refractivity contribution in [3.63, 3.8) is 0 Å². The van der Waals surface area contributed by atoms with E-state index in [1.165, 1.54) is 17.4 Å². The lowest BCUT2D eigenvalue weighted by Crippen LogP contribution is -2.16. The van der Waals surface area contributed by atoms with Gasteiger partial charge in [-0.05, 0) is 31.2 Å². The van der Waals surface area contributed by atoms with E-state index < -0.39 is 26.6 Å². The molecule has 0 bridgehead atoms. The summed E-state index contributed by atoms with van der Waals surface area (Å²) in [6.07, 6.45) is 0. The second-order valence-corrected chi connectivity index (χ2v) is 7.67. The minimum absolute atomic E-state index is 0.195. The van der Waals surface area contributed by atoms with Crippen molar-refractivity contribution in [1.82, 2.24) is 4.98 Å². The number of nitrogens with zero attached hydrogens (tertiary/aromatic N) is 1. The van der Waals surface area contributed by atoms with Crippen molar-refractivity contribution in [2.24, 2.45) is 0 Å². The van der Waals surface area contributed by atoms with Gasteiger partial charge in [0.15, 0.2) is 4.90 Å². The van der Waals surface area contributed by atoms with Gasteiger partial charge < -0.3 is 0 Å². The summed E-state index contributed by atoms with van der Waals surface area (Å²) in [5, 5.41) is 2.73. The van der Waals surface area contributed by atoms with Crippen LogP contribution in [0, 0.1) is 18.6 Å². The Bertz CT molecular complexity index is 981. The number of aryl methyl sites for hydroxylation is 1. The maximum Gasteiger partial charge on any atom is 0.267 e. The number of aromatic nitrogens is 1. The van der Waals surface area contributed by atoms with Crippen molar-refractivity contribution < 1.29 is 17.2 Å². The molecule has 1 aromatic heterocycles. The van der Waals surface area contributed by atoms with Gasteiger partial charge in [-0.25, -0.2) is 22.2 Å². The first-order valence-corrected chi connectivity index (χ1v) is 9.22. The average Bonchev–Trinajstić information content (AvgIpc) is 2.93. The van der Waals surface area contributed by atoms with E-state index in [1.54, 1.807) is 18.2 Å². The largest absolute Gasteiger partial charge is 0.279 e. The second kappa shape index (κ2) is 6.29. The summed E-state index contributed by atoms with van der Waals surface area (Å²) in [6, 6.07) is 9.37. The molecular formula is C16H12F2N2O2S2. The topological polar surface area (TPSA) is 59.1 Å². The van der Waals surface area contributed by atoms with Crippen molar-refractivity contribution in [1.29, 1.82) is 0 Å². The Morgan fingerprint density at radius 3 is 2.38 bits per heavy atom. The highest BCUT2D eigenvalue weighted by atomic mass is 32.2. The first-order valence-electron chi connectivity index (χ1n) is 6.86. The molecule has 8 heteroatoms. The minimum Gasteiger partial charge on any atom is -0.279 e. The van der Waals surface area contributed by atoms with Gasteiger partial charge in [-0.2, -0.15) is 0 Å². The van der Waals surface area contributed by atoms with E-state index >= 15 is 0 Å². The summed E-state index contributed by atoms with van der Waals surface area (Å²) >= 11 is 1.47. The molecule has 0 saturated carbocycles. The van der Waals surface area contributed by atoms with Gasteiger partial charge in [-0.15, -0.1) is 11.3 Å². The van der Waals surface area contributed by atoms with E-state index in [4.69, 9.17) is 0 Å². The Hall–Kier alpha value is -2.32. The maximum absolute atomic E-state index is 13.7. The first-order chi connectivity index (χ1) is 11.4. The monoisotopic (exact) mass is 366 g/mol. The van der Waals surface area contributed by atoms with Crippen LogP contribution in [0.4, 0.5) is 14.5 Å². The zero-order valence-electron chi connectivity index (χ0n) is 12.5. The molecule has 1 N–H and O–H groups in total. The van der Waals surface area contributed by atoms with Gasteiger partial charge >= 0.3 is 0 Å². The molecule has 0 aliphatic heterocycles. The fourth-order valence-corrected chi connectivity index (χ4v) is 3.99. The van der Waals surface area contributed by atoms with E-state index in [0.29, 0.717) is 11.3 Å². The highest BCUT2D eigenvalue weighted by Crippen LogP contribution is 2.26. The van der Waals surface area contributed by atoms with E-state index in [2.05, 4.69) is 9.71 Å². The van der Waals surface area contributed by atoms with E-state index in [-0.39, 0.29) is 5.69 Å².